The lowest BCUT2D eigenvalue weighted by Crippen LogP contribution is -2.29. The molecule has 0 atom stereocenters. The molecule has 9 nitrogen and oxygen atoms in total. The van der Waals surface area contributed by atoms with Gasteiger partial charge in [-0.15, -0.1) is 0 Å². The van der Waals surface area contributed by atoms with Gasteiger partial charge in [-0.25, -0.2) is 9.69 Å². The van der Waals surface area contributed by atoms with Crippen LogP contribution in [0.3, 0.4) is 0 Å². The molecule has 4 aromatic rings. The second-order valence-corrected chi connectivity index (χ2v) is 7.54. The van der Waals surface area contributed by atoms with Crippen LogP contribution in [-0.2, 0) is 4.74 Å². The number of fused-ring (bicyclic) bond motifs is 2. The molecule has 1 aliphatic heterocycles. The highest BCUT2D eigenvalue weighted by Crippen LogP contribution is 2.36. The highest BCUT2D eigenvalue weighted by molar-refractivity contribution is 6.37. The second kappa shape index (κ2) is 7.96. The first kappa shape index (κ1) is 21.1. The molecule has 9 heteroatoms. The number of benzene rings is 3. The van der Waals surface area contributed by atoms with Crippen LogP contribution in [0.5, 0.6) is 0 Å². The summed E-state index contributed by atoms with van der Waals surface area (Å²) in [4.78, 5) is 53.7. The van der Waals surface area contributed by atoms with E-state index in [-0.39, 0.29) is 39.9 Å². The number of anilines is 2. The minimum absolute atomic E-state index is 0.0111. The fourth-order valence-corrected chi connectivity index (χ4v) is 4.06. The van der Waals surface area contributed by atoms with Crippen molar-refractivity contribution in [2.45, 2.75) is 6.92 Å². The molecule has 5 rings (SSSR count). The van der Waals surface area contributed by atoms with E-state index in [1.54, 1.807) is 67.6 Å². The summed E-state index contributed by atoms with van der Waals surface area (Å²) in [5.41, 5.74) is 6.02. The van der Waals surface area contributed by atoms with Crippen molar-refractivity contribution >= 4 is 39.9 Å². The van der Waals surface area contributed by atoms with Crippen molar-refractivity contribution in [1.29, 1.82) is 0 Å². The summed E-state index contributed by atoms with van der Waals surface area (Å²) in [5, 5.41) is 4.20. The molecule has 2 heterocycles. The molecule has 0 aliphatic carbocycles. The Morgan fingerprint density at radius 1 is 0.941 bits per heavy atom. The Morgan fingerprint density at radius 3 is 2.18 bits per heavy atom. The number of ether oxygens (including phenoxy) is 1. The first-order valence-electron chi connectivity index (χ1n) is 10.5. The summed E-state index contributed by atoms with van der Waals surface area (Å²) < 4.78 is 6.18. The number of amides is 2. The average Bonchev–Trinajstić information content (AvgIpc) is 3.10. The molecule has 34 heavy (non-hydrogen) atoms. The molecule has 0 fully saturated rings. The van der Waals surface area contributed by atoms with Crippen LogP contribution < -0.4 is 16.2 Å². The molecule has 0 radical (unpaired) electrons. The normalized spacial score (nSPS) is 12.8. The molecular formula is C25H18N4O5. The van der Waals surface area contributed by atoms with Gasteiger partial charge in [0.05, 0.1) is 40.2 Å². The topological polar surface area (TPSA) is 125 Å². The van der Waals surface area contributed by atoms with E-state index in [0.717, 1.165) is 9.58 Å². The van der Waals surface area contributed by atoms with Crippen molar-refractivity contribution in [2.24, 2.45) is 0 Å². The summed E-state index contributed by atoms with van der Waals surface area (Å²) in [6, 6.07) is 18.2. The number of rotatable bonds is 4. The van der Waals surface area contributed by atoms with Gasteiger partial charge < -0.3 is 10.5 Å². The lowest BCUT2D eigenvalue weighted by molar-refractivity contribution is 0.0519. The van der Waals surface area contributed by atoms with Gasteiger partial charge in [0.25, 0.3) is 17.4 Å². The maximum Gasteiger partial charge on any atom is 0.359 e. The maximum atomic E-state index is 13.5. The average molecular weight is 454 g/mol. The van der Waals surface area contributed by atoms with Crippen molar-refractivity contribution in [1.82, 2.24) is 9.78 Å². The molecule has 0 saturated heterocycles. The molecule has 0 saturated carbocycles. The lowest BCUT2D eigenvalue weighted by Gasteiger charge is -2.13. The van der Waals surface area contributed by atoms with Crippen molar-refractivity contribution in [2.75, 3.05) is 17.2 Å². The third-order valence-corrected chi connectivity index (χ3v) is 5.56. The van der Waals surface area contributed by atoms with Crippen LogP contribution in [-0.4, -0.2) is 34.2 Å². The number of aromatic nitrogens is 2. The van der Waals surface area contributed by atoms with Crippen molar-refractivity contribution in [3.63, 3.8) is 0 Å². The molecule has 2 amide bonds. The van der Waals surface area contributed by atoms with E-state index in [4.69, 9.17) is 10.5 Å². The van der Waals surface area contributed by atoms with Crippen molar-refractivity contribution < 1.29 is 19.1 Å². The molecule has 3 aromatic carbocycles. The lowest BCUT2D eigenvalue weighted by atomic mass is 9.99. The number of hydrogen-bond donors (Lipinski definition) is 1. The Hall–Kier alpha value is -4.79. The van der Waals surface area contributed by atoms with Crippen LogP contribution in [0, 0.1) is 0 Å². The largest absolute Gasteiger partial charge is 0.461 e. The Morgan fingerprint density at radius 2 is 1.56 bits per heavy atom. The van der Waals surface area contributed by atoms with Gasteiger partial charge in [0.2, 0.25) is 0 Å². The van der Waals surface area contributed by atoms with Crippen LogP contribution in [0.25, 0.3) is 16.5 Å². The number of nitrogens with zero attached hydrogens (tertiary/aromatic N) is 3. The Kier molecular flexibility index (Phi) is 4.94. The Balaban J connectivity index is 1.84. The zero-order valence-electron chi connectivity index (χ0n) is 18.0. The summed E-state index contributed by atoms with van der Waals surface area (Å²) >= 11 is 0. The van der Waals surface area contributed by atoms with Gasteiger partial charge in [-0.1, -0.05) is 36.4 Å². The van der Waals surface area contributed by atoms with E-state index in [2.05, 4.69) is 5.10 Å². The zero-order valence-corrected chi connectivity index (χ0v) is 18.0. The summed E-state index contributed by atoms with van der Waals surface area (Å²) in [6.07, 6.45) is 0. The van der Waals surface area contributed by atoms with E-state index in [0.29, 0.717) is 11.4 Å². The fraction of sp³-hybridized carbons (Fsp3) is 0.0800. The number of nitrogen functional groups attached to an aromatic ring is 1. The van der Waals surface area contributed by atoms with Gasteiger partial charge in [0, 0.05) is 5.39 Å². The van der Waals surface area contributed by atoms with E-state index in [1.807, 2.05) is 0 Å². The van der Waals surface area contributed by atoms with Crippen LogP contribution in [0.15, 0.2) is 71.5 Å². The number of imide groups is 1. The zero-order chi connectivity index (χ0) is 24.0. The highest BCUT2D eigenvalue weighted by Gasteiger charge is 2.40. The minimum atomic E-state index is -0.784. The molecule has 1 aromatic heterocycles. The predicted molar refractivity (Wildman–Crippen MR) is 125 cm³/mol. The second-order valence-electron chi connectivity index (χ2n) is 7.54. The number of esters is 1. The number of carbonyl (C=O) groups excluding carboxylic acids is 3. The fourth-order valence-electron chi connectivity index (χ4n) is 4.06. The maximum absolute atomic E-state index is 13.5. The Labute approximate surface area is 193 Å². The number of carbonyl (C=O) groups is 3. The third-order valence-electron chi connectivity index (χ3n) is 5.56. The van der Waals surface area contributed by atoms with Gasteiger partial charge in [-0.05, 0) is 37.3 Å². The predicted octanol–water partition coefficient (Wildman–Crippen LogP) is 2.95. The van der Waals surface area contributed by atoms with Crippen LogP contribution in [0.1, 0.15) is 38.1 Å². The monoisotopic (exact) mass is 454 g/mol. The Bertz CT molecular complexity index is 1550. The van der Waals surface area contributed by atoms with Gasteiger partial charge in [-0.2, -0.15) is 9.78 Å². The number of para-hydroxylation sites is 2. The smallest absolute Gasteiger partial charge is 0.359 e. The van der Waals surface area contributed by atoms with Crippen molar-refractivity contribution in [3.8, 4) is 5.69 Å². The SMILES string of the molecule is CCOC(=O)c1nn(-c2ccccc2)c(=O)c2c(N)c3c(cc12)C(=O)N(c1ccccc1)C3=O. The van der Waals surface area contributed by atoms with Gasteiger partial charge in [0.15, 0.2) is 5.69 Å². The van der Waals surface area contributed by atoms with E-state index < -0.39 is 23.3 Å². The summed E-state index contributed by atoms with van der Waals surface area (Å²) in [5.74, 6) is -2.04. The van der Waals surface area contributed by atoms with Gasteiger partial charge >= 0.3 is 5.97 Å². The molecule has 0 spiro atoms. The molecule has 0 bridgehead atoms. The van der Waals surface area contributed by atoms with E-state index in [9.17, 15) is 19.2 Å². The molecule has 1 aliphatic rings. The van der Waals surface area contributed by atoms with E-state index in [1.165, 1.54) is 6.07 Å². The first-order chi connectivity index (χ1) is 16.4. The minimum Gasteiger partial charge on any atom is -0.461 e. The van der Waals surface area contributed by atoms with Crippen molar-refractivity contribution in [3.05, 3.63) is 93.9 Å². The molecule has 168 valence electrons. The van der Waals surface area contributed by atoms with Crippen LogP contribution >= 0.6 is 0 Å². The van der Waals surface area contributed by atoms with Gasteiger partial charge in [0.1, 0.15) is 0 Å². The summed E-state index contributed by atoms with van der Waals surface area (Å²) in [7, 11) is 0. The standard InChI is InChI=1S/C25H18N4O5/c1-2-34-25(33)21-16-13-17-19(23(31)28(22(17)30)14-9-5-3-6-10-14)20(26)18(16)24(32)29(27-21)15-11-7-4-8-12-15/h3-13H,2,26H2,1H3. The number of nitrogens with two attached hydrogens (primary N) is 1. The third kappa shape index (κ3) is 3.06. The quantitative estimate of drug-likeness (QED) is 0.286. The number of hydrogen-bond acceptors (Lipinski definition) is 7. The van der Waals surface area contributed by atoms with E-state index >= 15 is 0 Å². The summed E-state index contributed by atoms with van der Waals surface area (Å²) in [6.45, 7) is 1.71. The van der Waals surface area contributed by atoms with Crippen LogP contribution in [0.2, 0.25) is 0 Å². The molecule has 0 unspecified atom stereocenters. The molecule has 2 N–H and O–H groups in total. The molecular weight excluding hydrogens is 436 g/mol. The first-order valence-corrected chi connectivity index (χ1v) is 10.5. The van der Waals surface area contributed by atoms with Gasteiger partial charge in [-0.3, -0.25) is 14.4 Å². The highest BCUT2D eigenvalue weighted by atomic mass is 16.5. The van der Waals surface area contributed by atoms with Crippen LogP contribution in [0.4, 0.5) is 11.4 Å².